The number of rotatable bonds is 13. The van der Waals surface area contributed by atoms with Crippen LogP contribution in [0.4, 0.5) is 11.6 Å². The van der Waals surface area contributed by atoms with Gasteiger partial charge in [0.2, 0.25) is 17.2 Å². The van der Waals surface area contributed by atoms with E-state index in [1.807, 2.05) is 18.2 Å². The fraction of sp³-hybridized carbons (Fsp3) is 0.348. The number of nitrogens with zero attached hydrogens (tertiary/aromatic N) is 2. The van der Waals surface area contributed by atoms with Gasteiger partial charge in [0.15, 0.2) is 11.5 Å². The van der Waals surface area contributed by atoms with Gasteiger partial charge in [-0.05, 0) is 50.1 Å². The maximum atomic E-state index is 13.5. The molecule has 0 aliphatic heterocycles. The van der Waals surface area contributed by atoms with Crippen molar-refractivity contribution >= 4 is 24.6 Å². The molecule has 3 rings (SSSR count). The lowest BCUT2D eigenvalue weighted by atomic mass is 10.1. The fourth-order valence-corrected chi connectivity index (χ4v) is 4.90. The second-order valence-corrected chi connectivity index (χ2v) is 9.11. The molecule has 12 heteroatoms. The van der Waals surface area contributed by atoms with Gasteiger partial charge in [0.05, 0.1) is 32.4 Å². The van der Waals surface area contributed by atoms with Crippen molar-refractivity contribution in [3.05, 3.63) is 58.1 Å². The predicted octanol–water partition coefficient (Wildman–Crippen LogP) is 4.81. The average molecular weight is 505 g/mol. The summed E-state index contributed by atoms with van der Waals surface area (Å²) in [5.74, 6) is 1.51. The van der Waals surface area contributed by atoms with E-state index in [9.17, 15) is 14.7 Å². The van der Waals surface area contributed by atoms with E-state index in [0.29, 0.717) is 30.0 Å². The molecular formula is C23H28N3O8P. The van der Waals surface area contributed by atoms with Crippen molar-refractivity contribution in [3.63, 3.8) is 0 Å². The van der Waals surface area contributed by atoms with Gasteiger partial charge in [0, 0.05) is 24.2 Å². The van der Waals surface area contributed by atoms with E-state index in [4.69, 9.17) is 22.9 Å². The number of hydrogen-bond donors (Lipinski definition) is 1. The SMILES string of the molecule is CCOP(=O)(OCC)c1nc(-c2ccc([N+](=O)[O-])cc2)oc1NCCc1ccc(OC)c(OC)c1. The number of hydrogen-bond acceptors (Lipinski definition) is 10. The van der Waals surface area contributed by atoms with Crippen LogP contribution < -0.4 is 20.2 Å². The Balaban J connectivity index is 1.89. The lowest BCUT2D eigenvalue weighted by Crippen LogP contribution is -2.17. The monoisotopic (exact) mass is 505 g/mol. The Hall–Kier alpha value is -3.40. The summed E-state index contributed by atoms with van der Waals surface area (Å²) in [5, 5.41) is 14.1. The molecule has 0 aliphatic carbocycles. The number of oxazole rings is 1. The zero-order valence-electron chi connectivity index (χ0n) is 20.0. The number of ether oxygens (including phenoxy) is 2. The fourth-order valence-electron chi connectivity index (χ4n) is 3.32. The van der Waals surface area contributed by atoms with Crippen LogP contribution in [0, 0.1) is 10.1 Å². The Labute approximate surface area is 203 Å². The molecule has 0 bridgehead atoms. The molecule has 0 spiro atoms. The molecule has 0 unspecified atom stereocenters. The van der Waals surface area contributed by atoms with Crippen molar-refractivity contribution in [2.24, 2.45) is 0 Å². The first kappa shape index (κ1) is 26.2. The highest BCUT2D eigenvalue weighted by molar-refractivity contribution is 7.62. The molecule has 1 N–H and O–H groups in total. The third-order valence-corrected chi connectivity index (χ3v) is 6.96. The quantitative estimate of drug-likeness (QED) is 0.196. The van der Waals surface area contributed by atoms with Crippen molar-refractivity contribution in [1.82, 2.24) is 4.98 Å². The third kappa shape index (κ3) is 6.19. The summed E-state index contributed by atoms with van der Waals surface area (Å²) < 4.78 is 40.9. The van der Waals surface area contributed by atoms with Crippen LogP contribution in [0.1, 0.15) is 19.4 Å². The van der Waals surface area contributed by atoms with Crippen LogP contribution in [-0.4, -0.2) is 43.9 Å². The number of methoxy groups -OCH3 is 2. The Bertz CT molecular complexity index is 1190. The van der Waals surface area contributed by atoms with Crippen molar-refractivity contribution in [1.29, 1.82) is 0 Å². The highest BCUT2D eigenvalue weighted by Crippen LogP contribution is 2.49. The number of non-ortho nitro benzene ring substituents is 1. The van der Waals surface area contributed by atoms with Gasteiger partial charge in [0.25, 0.3) is 5.69 Å². The molecular weight excluding hydrogens is 477 g/mol. The Morgan fingerprint density at radius 1 is 1.03 bits per heavy atom. The summed E-state index contributed by atoms with van der Waals surface area (Å²) in [7, 11) is -0.641. The van der Waals surface area contributed by atoms with Gasteiger partial charge in [-0.15, -0.1) is 0 Å². The molecule has 1 heterocycles. The molecule has 0 saturated carbocycles. The first-order valence-corrected chi connectivity index (χ1v) is 12.5. The zero-order valence-corrected chi connectivity index (χ0v) is 20.9. The van der Waals surface area contributed by atoms with Crippen LogP contribution >= 0.6 is 7.60 Å². The van der Waals surface area contributed by atoms with Crippen LogP contribution in [0.15, 0.2) is 46.9 Å². The van der Waals surface area contributed by atoms with Gasteiger partial charge in [0.1, 0.15) is 0 Å². The minimum absolute atomic E-state index is 0.0156. The minimum atomic E-state index is -3.78. The Kier molecular flexibility index (Phi) is 8.86. The summed E-state index contributed by atoms with van der Waals surface area (Å²) in [6.45, 7) is 4.10. The van der Waals surface area contributed by atoms with Crippen LogP contribution in [0.2, 0.25) is 0 Å². The molecule has 11 nitrogen and oxygen atoms in total. The lowest BCUT2D eigenvalue weighted by Gasteiger charge is -2.15. The Morgan fingerprint density at radius 3 is 2.26 bits per heavy atom. The summed E-state index contributed by atoms with van der Waals surface area (Å²) >= 11 is 0. The zero-order chi connectivity index (χ0) is 25.4. The van der Waals surface area contributed by atoms with E-state index in [2.05, 4.69) is 10.3 Å². The molecule has 2 aromatic carbocycles. The minimum Gasteiger partial charge on any atom is -0.493 e. The molecule has 0 aliphatic rings. The van der Waals surface area contributed by atoms with Crippen LogP contribution in [0.3, 0.4) is 0 Å². The van der Waals surface area contributed by atoms with Gasteiger partial charge in [-0.1, -0.05) is 6.07 Å². The van der Waals surface area contributed by atoms with Gasteiger partial charge >= 0.3 is 7.60 Å². The third-order valence-electron chi connectivity index (χ3n) is 4.94. The van der Waals surface area contributed by atoms with Crippen LogP contribution in [0.5, 0.6) is 11.5 Å². The molecule has 0 amide bonds. The predicted molar refractivity (Wildman–Crippen MR) is 131 cm³/mol. The van der Waals surface area contributed by atoms with E-state index in [1.165, 1.54) is 24.3 Å². The normalized spacial score (nSPS) is 11.3. The molecule has 0 atom stereocenters. The largest absolute Gasteiger partial charge is 0.493 e. The first-order chi connectivity index (χ1) is 16.8. The summed E-state index contributed by atoms with van der Waals surface area (Å²) in [6.07, 6.45) is 0.584. The molecule has 0 saturated heterocycles. The maximum absolute atomic E-state index is 13.5. The number of nitro benzene ring substituents is 1. The van der Waals surface area contributed by atoms with Crippen molar-refractivity contribution in [3.8, 4) is 23.0 Å². The highest BCUT2D eigenvalue weighted by atomic mass is 31.2. The molecule has 188 valence electrons. The van der Waals surface area contributed by atoms with Gasteiger partial charge in [-0.25, -0.2) is 0 Å². The van der Waals surface area contributed by atoms with Crippen LogP contribution in [-0.2, 0) is 20.0 Å². The summed E-state index contributed by atoms with van der Waals surface area (Å²) in [6, 6.07) is 11.3. The standard InChI is InChI=1S/C23H28N3O8P/c1-5-32-35(29,33-6-2)23-22(24-14-13-16-7-12-19(30-3)20(15-16)31-4)34-21(25-23)17-8-10-18(11-9-17)26(27)28/h7-12,15,24H,5-6,13-14H2,1-4H3. The second kappa shape index (κ2) is 11.8. The molecule has 1 aromatic heterocycles. The lowest BCUT2D eigenvalue weighted by molar-refractivity contribution is -0.384. The highest BCUT2D eigenvalue weighted by Gasteiger charge is 2.35. The molecule has 35 heavy (non-hydrogen) atoms. The average Bonchev–Trinajstić information content (AvgIpc) is 3.29. The van der Waals surface area contributed by atoms with Crippen LogP contribution in [0.25, 0.3) is 11.5 Å². The van der Waals surface area contributed by atoms with E-state index < -0.39 is 12.5 Å². The van der Waals surface area contributed by atoms with Gasteiger partial charge in [-0.2, -0.15) is 4.98 Å². The van der Waals surface area contributed by atoms with E-state index in [-0.39, 0.29) is 36.1 Å². The summed E-state index contributed by atoms with van der Waals surface area (Å²) in [4.78, 5) is 14.9. The molecule has 3 aromatic rings. The second-order valence-electron chi connectivity index (χ2n) is 7.17. The number of nitro groups is 1. The topological polar surface area (TPSA) is 135 Å². The molecule has 0 radical (unpaired) electrons. The van der Waals surface area contributed by atoms with E-state index >= 15 is 0 Å². The molecule has 0 fully saturated rings. The maximum Gasteiger partial charge on any atom is 0.385 e. The number of anilines is 1. The number of nitrogens with one attached hydrogen (secondary N) is 1. The van der Waals surface area contributed by atoms with E-state index in [1.54, 1.807) is 28.1 Å². The van der Waals surface area contributed by atoms with Crippen molar-refractivity contribution < 1.29 is 32.4 Å². The Morgan fingerprint density at radius 2 is 1.69 bits per heavy atom. The van der Waals surface area contributed by atoms with Gasteiger partial charge < -0.3 is 28.3 Å². The van der Waals surface area contributed by atoms with Crippen molar-refractivity contribution in [2.75, 3.05) is 39.3 Å². The van der Waals surface area contributed by atoms with Gasteiger partial charge in [-0.3, -0.25) is 14.7 Å². The number of benzene rings is 2. The summed E-state index contributed by atoms with van der Waals surface area (Å²) in [5.41, 5.74) is 1.40. The first-order valence-electron chi connectivity index (χ1n) is 10.9. The van der Waals surface area contributed by atoms with E-state index in [0.717, 1.165) is 5.56 Å². The number of aromatic nitrogens is 1. The van der Waals surface area contributed by atoms with Crippen molar-refractivity contribution in [2.45, 2.75) is 20.3 Å². The smallest absolute Gasteiger partial charge is 0.385 e.